The third-order valence-corrected chi connectivity index (χ3v) is 5.98. The van der Waals surface area contributed by atoms with Gasteiger partial charge >= 0.3 is 0 Å². The van der Waals surface area contributed by atoms with Gasteiger partial charge in [-0.05, 0) is 73.6 Å². The Balaban J connectivity index is 1.49. The van der Waals surface area contributed by atoms with E-state index in [0.29, 0.717) is 0 Å². The molecule has 4 heteroatoms. The first kappa shape index (κ1) is 22.6. The molecular formula is C27H33N3O. The van der Waals surface area contributed by atoms with Crippen molar-refractivity contribution in [2.75, 3.05) is 6.54 Å². The van der Waals surface area contributed by atoms with E-state index in [1.165, 1.54) is 29.5 Å². The van der Waals surface area contributed by atoms with Crippen LogP contribution in [0.1, 0.15) is 67.3 Å². The molecule has 3 rings (SSSR count). The first-order valence-corrected chi connectivity index (χ1v) is 11.5. The molecule has 1 aliphatic rings. The lowest BCUT2D eigenvalue weighted by atomic mass is 9.88. The van der Waals surface area contributed by atoms with Gasteiger partial charge in [0.1, 0.15) is 11.6 Å². The lowest BCUT2D eigenvalue weighted by Gasteiger charge is -2.21. The molecule has 2 aromatic rings. The minimum absolute atomic E-state index is 0.0812. The fourth-order valence-corrected chi connectivity index (χ4v) is 4.15. The van der Waals surface area contributed by atoms with Crippen LogP contribution in [0.4, 0.5) is 0 Å². The number of hydrogen-bond acceptors (Lipinski definition) is 3. The van der Waals surface area contributed by atoms with E-state index in [4.69, 9.17) is 0 Å². The zero-order chi connectivity index (χ0) is 21.9. The summed E-state index contributed by atoms with van der Waals surface area (Å²) in [7, 11) is 0. The van der Waals surface area contributed by atoms with E-state index in [0.717, 1.165) is 50.6 Å². The summed E-state index contributed by atoms with van der Waals surface area (Å²) in [6.07, 6.45) is 10.2. The second-order valence-electron chi connectivity index (χ2n) is 8.24. The van der Waals surface area contributed by atoms with Crippen LogP contribution in [0.2, 0.25) is 0 Å². The molecule has 0 aromatic heterocycles. The molecule has 1 amide bonds. The highest BCUT2D eigenvalue weighted by Gasteiger charge is 2.18. The average molecular weight is 416 g/mol. The number of aryl methyl sites for hydroxylation is 3. The molecule has 2 N–H and O–H groups in total. The van der Waals surface area contributed by atoms with Crippen LogP contribution in [0.15, 0.2) is 60.3 Å². The average Bonchev–Trinajstić information content (AvgIpc) is 2.82. The van der Waals surface area contributed by atoms with Crippen LogP contribution in [-0.4, -0.2) is 12.5 Å². The van der Waals surface area contributed by atoms with E-state index in [1.807, 2.05) is 12.1 Å². The van der Waals surface area contributed by atoms with Crippen LogP contribution in [-0.2, 0) is 24.1 Å². The zero-order valence-corrected chi connectivity index (χ0v) is 18.5. The van der Waals surface area contributed by atoms with Crippen molar-refractivity contribution in [3.05, 3.63) is 82.6 Å². The number of nitrogens with zero attached hydrogens (tertiary/aromatic N) is 1. The molecule has 0 spiro atoms. The molecule has 162 valence electrons. The standard InChI is InChI=1S/C27H33N3O/c1-2-26(24-16-15-22-13-6-7-14-23(22)18-24)30-27(31)25(19-28)20-29-17-9-8-12-21-10-4-3-5-11-21/h3-5,10-11,15-16,18,20,26,29H,2,6-9,12-14,17H2,1H3,(H,30,31)/b25-20-. The van der Waals surface area contributed by atoms with Crippen molar-refractivity contribution < 1.29 is 4.79 Å². The van der Waals surface area contributed by atoms with Crippen LogP contribution in [0, 0.1) is 11.3 Å². The maximum absolute atomic E-state index is 12.7. The summed E-state index contributed by atoms with van der Waals surface area (Å²) >= 11 is 0. The molecule has 4 nitrogen and oxygen atoms in total. The second kappa shape index (κ2) is 12.0. The number of rotatable bonds is 10. The third-order valence-electron chi connectivity index (χ3n) is 5.98. The molecule has 0 saturated heterocycles. The fraction of sp³-hybridized carbons (Fsp3) is 0.407. The Labute approximate surface area is 186 Å². The topological polar surface area (TPSA) is 64.9 Å². The molecule has 0 saturated carbocycles. The Bertz CT molecular complexity index is 927. The summed E-state index contributed by atoms with van der Waals surface area (Å²) in [4.78, 5) is 12.7. The smallest absolute Gasteiger partial charge is 0.263 e. The van der Waals surface area contributed by atoms with E-state index in [-0.39, 0.29) is 17.5 Å². The van der Waals surface area contributed by atoms with Crippen molar-refractivity contribution in [1.82, 2.24) is 10.6 Å². The van der Waals surface area contributed by atoms with Gasteiger partial charge in [-0.2, -0.15) is 5.26 Å². The lowest BCUT2D eigenvalue weighted by Crippen LogP contribution is -2.30. The molecule has 2 aromatic carbocycles. The van der Waals surface area contributed by atoms with E-state index >= 15 is 0 Å². The van der Waals surface area contributed by atoms with Gasteiger partial charge in [-0.15, -0.1) is 0 Å². The summed E-state index contributed by atoms with van der Waals surface area (Å²) in [6.45, 7) is 2.80. The number of fused-ring (bicyclic) bond motifs is 1. The highest BCUT2D eigenvalue weighted by Crippen LogP contribution is 2.26. The summed E-state index contributed by atoms with van der Waals surface area (Å²) in [6, 6.07) is 18.9. The van der Waals surface area contributed by atoms with E-state index < -0.39 is 0 Å². The zero-order valence-electron chi connectivity index (χ0n) is 18.5. The van der Waals surface area contributed by atoms with Crippen molar-refractivity contribution in [3.63, 3.8) is 0 Å². The maximum Gasteiger partial charge on any atom is 0.263 e. The van der Waals surface area contributed by atoms with E-state index in [9.17, 15) is 10.1 Å². The van der Waals surface area contributed by atoms with Crippen molar-refractivity contribution >= 4 is 5.91 Å². The number of nitrogens with one attached hydrogen (secondary N) is 2. The van der Waals surface area contributed by atoms with Gasteiger partial charge in [0.2, 0.25) is 0 Å². The number of hydrogen-bond donors (Lipinski definition) is 2. The monoisotopic (exact) mass is 415 g/mol. The molecule has 31 heavy (non-hydrogen) atoms. The number of amides is 1. The molecule has 0 radical (unpaired) electrons. The number of unbranched alkanes of at least 4 members (excludes halogenated alkanes) is 1. The first-order chi connectivity index (χ1) is 15.2. The van der Waals surface area contributed by atoms with Crippen LogP contribution in [0.25, 0.3) is 0 Å². The molecule has 1 aliphatic carbocycles. The SMILES string of the molecule is CCC(NC(=O)/C(C#N)=C\NCCCCc1ccccc1)c1ccc2c(c1)CCCC2. The maximum atomic E-state index is 12.7. The number of nitriles is 1. The molecule has 0 bridgehead atoms. The van der Waals surface area contributed by atoms with Gasteiger partial charge in [-0.3, -0.25) is 4.79 Å². The number of benzene rings is 2. The van der Waals surface area contributed by atoms with Crippen molar-refractivity contribution in [3.8, 4) is 6.07 Å². The van der Waals surface area contributed by atoms with Gasteiger partial charge in [0.25, 0.3) is 5.91 Å². The van der Waals surface area contributed by atoms with Gasteiger partial charge in [0.05, 0.1) is 6.04 Å². The van der Waals surface area contributed by atoms with Gasteiger partial charge < -0.3 is 10.6 Å². The molecule has 1 atom stereocenters. The molecule has 0 fully saturated rings. The minimum Gasteiger partial charge on any atom is -0.390 e. The first-order valence-electron chi connectivity index (χ1n) is 11.5. The molecular weight excluding hydrogens is 382 g/mol. The summed E-state index contributed by atoms with van der Waals surface area (Å²) in [5.74, 6) is -0.316. The summed E-state index contributed by atoms with van der Waals surface area (Å²) in [5.41, 5.74) is 5.43. The van der Waals surface area contributed by atoms with Gasteiger partial charge in [0, 0.05) is 12.7 Å². The summed E-state index contributed by atoms with van der Waals surface area (Å²) < 4.78 is 0. The molecule has 0 aliphatic heterocycles. The largest absolute Gasteiger partial charge is 0.390 e. The van der Waals surface area contributed by atoms with Crippen LogP contribution in [0.5, 0.6) is 0 Å². The molecule has 1 unspecified atom stereocenters. The fourth-order valence-electron chi connectivity index (χ4n) is 4.15. The van der Waals surface area contributed by atoms with E-state index in [2.05, 4.69) is 60.0 Å². The minimum atomic E-state index is -0.316. The lowest BCUT2D eigenvalue weighted by molar-refractivity contribution is -0.117. The second-order valence-corrected chi connectivity index (χ2v) is 8.24. The van der Waals surface area contributed by atoms with E-state index in [1.54, 1.807) is 6.20 Å². The Morgan fingerprint density at radius 1 is 1.10 bits per heavy atom. The van der Waals surface area contributed by atoms with Crippen molar-refractivity contribution in [2.24, 2.45) is 0 Å². The Kier molecular flexibility index (Phi) is 8.72. The highest BCUT2D eigenvalue weighted by molar-refractivity contribution is 5.97. The van der Waals surface area contributed by atoms with Gasteiger partial charge in [-0.1, -0.05) is 55.5 Å². The number of carbonyl (C=O) groups excluding carboxylic acids is 1. The van der Waals surface area contributed by atoms with Gasteiger partial charge in [0.15, 0.2) is 0 Å². The normalized spacial score (nSPS) is 14.3. The van der Waals surface area contributed by atoms with Gasteiger partial charge in [-0.25, -0.2) is 0 Å². The Morgan fingerprint density at radius 3 is 2.61 bits per heavy atom. The van der Waals surface area contributed by atoms with Crippen molar-refractivity contribution in [1.29, 1.82) is 5.26 Å². The quantitative estimate of drug-likeness (QED) is 0.320. The summed E-state index contributed by atoms with van der Waals surface area (Å²) in [5, 5.41) is 15.6. The Hall–Kier alpha value is -3.06. The Morgan fingerprint density at radius 2 is 1.87 bits per heavy atom. The molecule has 0 heterocycles. The predicted molar refractivity (Wildman–Crippen MR) is 125 cm³/mol. The highest BCUT2D eigenvalue weighted by atomic mass is 16.1. The van der Waals surface area contributed by atoms with Crippen LogP contribution >= 0.6 is 0 Å². The number of carbonyl (C=O) groups is 1. The van der Waals surface area contributed by atoms with Crippen molar-refractivity contribution in [2.45, 2.75) is 64.3 Å². The van der Waals surface area contributed by atoms with Crippen LogP contribution in [0.3, 0.4) is 0 Å². The third kappa shape index (κ3) is 6.72. The predicted octanol–water partition coefficient (Wildman–Crippen LogP) is 5.15. The van der Waals surface area contributed by atoms with Crippen LogP contribution < -0.4 is 10.6 Å².